The molecule has 0 bridgehead atoms. The molecule has 0 fully saturated rings. The number of para-hydroxylation sites is 2. The first-order valence-corrected chi connectivity index (χ1v) is 12.1. The molecule has 5 N–H and O–H groups in total. The molecular weight excluding hydrogens is 458 g/mol. The van der Waals surface area contributed by atoms with Crippen LogP contribution in [-0.2, 0) is 6.54 Å². The highest BCUT2D eigenvalue weighted by Gasteiger charge is 2.12. The molecule has 0 aliphatic rings. The Hall–Kier alpha value is -4.21. The number of pyridine rings is 1. The number of imidazole rings is 1. The molecule has 35 heavy (non-hydrogen) atoms. The molecule has 0 atom stereocenters. The van der Waals surface area contributed by atoms with Crippen molar-refractivity contribution in [2.24, 2.45) is 0 Å². The number of carbonyl (C=O) groups excluding carboxylic acids is 1. The fraction of sp³-hybridized carbons (Fsp3) is 0.115. The molecule has 0 aliphatic heterocycles. The van der Waals surface area contributed by atoms with E-state index < -0.39 is 0 Å². The van der Waals surface area contributed by atoms with Crippen molar-refractivity contribution in [3.05, 3.63) is 90.4 Å². The highest BCUT2D eigenvalue weighted by molar-refractivity contribution is 7.18. The quantitative estimate of drug-likeness (QED) is 0.227. The third kappa shape index (κ3) is 5.01. The van der Waals surface area contributed by atoms with Gasteiger partial charge in [0.15, 0.2) is 5.13 Å². The van der Waals surface area contributed by atoms with Crippen molar-refractivity contribution in [3.8, 4) is 10.6 Å². The topological polar surface area (TPSA) is 109 Å². The summed E-state index contributed by atoms with van der Waals surface area (Å²) in [6.07, 6.45) is 5.76. The van der Waals surface area contributed by atoms with Crippen molar-refractivity contribution in [3.63, 3.8) is 0 Å². The van der Waals surface area contributed by atoms with Gasteiger partial charge >= 0.3 is 0 Å². The number of thiazole rings is 1. The number of rotatable bonds is 8. The molecule has 5 aromatic rings. The van der Waals surface area contributed by atoms with Gasteiger partial charge in [-0.1, -0.05) is 30.4 Å². The van der Waals surface area contributed by atoms with Crippen LogP contribution in [0.15, 0.2) is 79.3 Å². The minimum atomic E-state index is -0.216. The van der Waals surface area contributed by atoms with E-state index >= 15 is 0 Å². The molecule has 9 heteroatoms. The van der Waals surface area contributed by atoms with Crippen molar-refractivity contribution in [2.75, 3.05) is 22.9 Å². The number of nitrogens with one attached hydrogen (secondary N) is 3. The molecule has 0 saturated carbocycles. The second-order valence-electron chi connectivity index (χ2n) is 7.96. The molecule has 0 spiro atoms. The molecule has 3 heterocycles. The molecule has 3 aromatic heterocycles. The third-order valence-corrected chi connectivity index (χ3v) is 6.46. The van der Waals surface area contributed by atoms with E-state index in [0.29, 0.717) is 16.9 Å². The van der Waals surface area contributed by atoms with Crippen molar-refractivity contribution in [1.82, 2.24) is 19.7 Å². The van der Waals surface area contributed by atoms with E-state index in [1.165, 1.54) is 5.56 Å². The lowest BCUT2D eigenvalue weighted by atomic mass is 10.2. The maximum absolute atomic E-state index is 12.5. The second kappa shape index (κ2) is 9.96. The summed E-state index contributed by atoms with van der Waals surface area (Å²) in [7, 11) is 0. The SMILES string of the molecule is CCNCc1ccn2c(-c3cnc(Nc4ccc(C(=O)Nc5ccccc5N)cc4)s3)cnc2c1. The van der Waals surface area contributed by atoms with Crippen LogP contribution < -0.4 is 21.7 Å². The van der Waals surface area contributed by atoms with Crippen LogP contribution in [0.3, 0.4) is 0 Å². The molecule has 0 unspecified atom stereocenters. The lowest BCUT2D eigenvalue weighted by Crippen LogP contribution is -2.13. The maximum atomic E-state index is 12.5. The molecule has 0 aliphatic carbocycles. The monoisotopic (exact) mass is 483 g/mol. The van der Waals surface area contributed by atoms with Gasteiger partial charge in [-0.2, -0.15) is 0 Å². The number of carbonyl (C=O) groups is 1. The first kappa shape index (κ1) is 22.6. The number of benzene rings is 2. The minimum absolute atomic E-state index is 0.216. The molecule has 2 aromatic carbocycles. The van der Waals surface area contributed by atoms with Crippen molar-refractivity contribution in [1.29, 1.82) is 0 Å². The van der Waals surface area contributed by atoms with E-state index in [9.17, 15) is 4.79 Å². The molecule has 0 radical (unpaired) electrons. The second-order valence-corrected chi connectivity index (χ2v) is 8.99. The average molecular weight is 484 g/mol. The van der Waals surface area contributed by atoms with Crippen LogP contribution in [0.4, 0.5) is 22.2 Å². The van der Waals surface area contributed by atoms with Crippen LogP contribution >= 0.6 is 11.3 Å². The number of amides is 1. The highest BCUT2D eigenvalue weighted by atomic mass is 32.1. The van der Waals surface area contributed by atoms with Crippen LogP contribution in [0.1, 0.15) is 22.8 Å². The zero-order valence-electron chi connectivity index (χ0n) is 19.2. The van der Waals surface area contributed by atoms with E-state index in [-0.39, 0.29) is 5.91 Å². The number of hydrogen-bond donors (Lipinski definition) is 4. The number of nitrogens with zero attached hydrogens (tertiary/aromatic N) is 3. The Morgan fingerprint density at radius 3 is 2.69 bits per heavy atom. The van der Waals surface area contributed by atoms with E-state index in [4.69, 9.17) is 5.73 Å². The number of hydrogen-bond acceptors (Lipinski definition) is 7. The van der Waals surface area contributed by atoms with Crippen LogP contribution in [0.2, 0.25) is 0 Å². The smallest absolute Gasteiger partial charge is 0.255 e. The summed E-state index contributed by atoms with van der Waals surface area (Å²) in [5.41, 5.74) is 11.5. The predicted octanol–water partition coefficient (Wildman–Crippen LogP) is 5.15. The lowest BCUT2D eigenvalue weighted by molar-refractivity contribution is 0.102. The predicted molar refractivity (Wildman–Crippen MR) is 142 cm³/mol. The molecule has 8 nitrogen and oxygen atoms in total. The van der Waals surface area contributed by atoms with Gasteiger partial charge in [0.1, 0.15) is 5.65 Å². The Bertz CT molecular complexity index is 1470. The van der Waals surface area contributed by atoms with Crippen LogP contribution in [-0.4, -0.2) is 26.8 Å². The summed E-state index contributed by atoms with van der Waals surface area (Å²) >= 11 is 1.54. The first-order chi connectivity index (χ1) is 17.1. The van der Waals surface area contributed by atoms with Gasteiger partial charge in [-0.15, -0.1) is 0 Å². The maximum Gasteiger partial charge on any atom is 0.255 e. The van der Waals surface area contributed by atoms with Crippen LogP contribution in [0, 0.1) is 0 Å². The Morgan fingerprint density at radius 2 is 1.89 bits per heavy atom. The largest absolute Gasteiger partial charge is 0.397 e. The highest BCUT2D eigenvalue weighted by Crippen LogP contribution is 2.31. The molecular formula is C26H25N7OS. The third-order valence-electron chi connectivity index (χ3n) is 5.52. The summed E-state index contributed by atoms with van der Waals surface area (Å²) in [5.74, 6) is -0.216. The summed E-state index contributed by atoms with van der Waals surface area (Å²) in [6.45, 7) is 3.85. The van der Waals surface area contributed by atoms with E-state index in [1.807, 2.05) is 42.9 Å². The number of aromatic nitrogens is 3. The molecule has 0 saturated heterocycles. The van der Waals surface area contributed by atoms with Gasteiger partial charge in [0.2, 0.25) is 0 Å². The van der Waals surface area contributed by atoms with Gasteiger partial charge in [-0.05, 0) is 60.6 Å². The van der Waals surface area contributed by atoms with E-state index in [0.717, 1.165) is 40.1 Å². The number of fused-ring (bicyclic) bond motifs is 1. The summed E-state index contributed by atoms with van der Waals surface area (Å²) < 4.78 is 2.07. The minimum Gasteiger partial charge on any atom is -0.397 e. The normalized spacial score (nSPS) is 11.0. The Morgan fingerprint density at radius 1 is 1.06 bits per heavy atom. The lowest BCUT2D eigenvalue weighted by Gasteiger charge is -2.08. The Labute approximate surface area is 206 Å². The zero-order chi connectivity index (χ0) is 24.2. The van der Waals surface area contributed by atoms with E-state index in [2.05, 4.69) is 49.4 Å². The van der Waals surface area contributed by atoms with Crippen molar-refractivity contribution >= 4 is 45.1 Å². The number of anilines is 4. The summed E-state index contributed by atoms with van der Waals surface area (Å²) in [5, 5.41) is 10.2. The number of nitrogen functional groups attached to an aromatic ring is 1. The Balaban J connectivity index is 1.27. The van der Waals surface area contributed by atoms with Gasteiger partial charge in [0.25, 0.3) is 5.91 Å². The number of nitrogens with two attached hydrogens (primary N) is 1. The van der Waals surface area contributed by atoms with Gasteiger partial charge < -0.3 is 21.7 Å². The van der Waals surface area contributed by atoms with E-state index in [1.54, 1.807) is 35.6 Å². The zero-order valence-corrected chi connectivity index (χ0v) is 20.0. The van der Waals surface area contributed by atoms with Crippen molar-refractivity contribution in [2.45, 2.75) is 13.5 Å². The average Bonchev–Trinajstić information content (AvgIpc) is 3.51. The van der Waals surface area contributed by atoms with Gasteiger partial charge in [-0.3, -0.25) is 9.20 Å². The molecule has 176 valence electrons. The standard InChI is InChI=1S/C26H25N7OS/c1-2-28-14-17-11-12-33-22(15-29-24(33)13-17)23-16-30-26(35-23)31-19-9-7-18(8-10-19)25(34)32-21-6-4-3-5-20(21)27/h3-13,15-16,28H,2,14,27H2,1H3,(H,30,31)(H,32,34). The summed E-state index contributed by atoms with van der Waals surface area (Å²) in [6, 6.07) is 18.6. The van der Waals surface area contributed by atoms with Gasteiger partial charge in [0, 0.05) is 30.2 Å². The summed E-state index contributed by atoms with van der Waals surface area (Å²) in [4.78, 5) is 22.6. The molecule has 1 amide bonds. The fourth-order valence-electron chi connectivity index (χ4n) is 3.67. The van der Waals surface area contributed by atoms with Crippen LogP contribution in [0.5, 0.6) is 0 Å². The van der Waals surface area contributed by atoms with Gasteiger partial charge in [0.05, 0.1) is 28.1 Å². The van der Waals surface area contributed by atoms with Crippen LogP contribution in [0.25, 0.3) is 16.2 Å². The van der Waals surface area contributed by atoms with Gasteiger partial charge in [-0.25, -0.2) is 9.97 Å². The Kier molecular flexibility index (Phi) is 6.42. The van der Waals surface area contributed by atoms with Crippen molar-refractivity contribution < 1.29 is 4.79 Å². The first-order valence-electron chi connectivity index (χ1n) is 11.3. The fourth-order valence-corrected chi connectivity index (χ4v) is 4.51. The molecule has 5 rings (SSSR count).